The molecular formula is C22H13N3O3S. The fourth-order valence-corrected chi connectivity index (χ4v) is 3.58. The zero-order chi connectivity index (χ0) is 20.2. The molecule has 0 aliphatic rings. The van der Waals surface area contributed by atoms with E-state index in [0.717, 1.165) is 16.7 Å². The molecule has 2 heterocycles. The van der Waals surface area contributed by atoms with Gasteiger partial charge < -0.3 is 9.52 Å². The van der Waals surface area contributed by atoms with Crippen LogP contribution in [-0.4, -0.2) is 21.3 Å². The molecule has 0 spiro atoms. The maximum Gasteiger partial charge on any atom is 0.346 e. The summed E-state index contributed by atoms with van der Waals surface area (Å²) in [7, 11) is 0. The maximum absolute atomic E-state index is 11.0. The van der Waals surface area contributed by atoms with Gasteiger partial charge in [0.2, 0.25) is 5.89 Å². The lowest BCUT2D eigenvalue weighted by atomic mass is 10.0. The Morgan fingerprint density at radius 1 is 0.931 bits per heavy atom. The number of carbonyl (C=O) groups is 1. The van der Waals surface area contributed by atoms with Gasteiger partial charge in [0.05, 0.1) is 4.88 Å². The molecule has 0 amide bonds. The lowest BCUT2D eigenvalue weighted by Gasteiger charge is -2.01. The molecule has 2 aromatic heterocycles. The monoisotopic (exact) mass is 399 g/mol. The number of carboxylic acids is 1. The molecule has 1 N–H and O–H groups in total. The van der Waals surface area contributed by atoms with E-state index in [2.05, 4.69) is 10.2 Å². The highest BCUT2D eigenvalue weighted by atomic mass is 32.1. The van der Waals surface area contributed by atoms with Crippen molar-refractivity contribution in [3.05, 3.63) is 77.2 Å². The van der Waals surface area contributed by atoms with Gasteiger partial charge in [0, 0.05) is 10.4 Å². The Balaban J connectivity index is 1.56. The number of carboxylic acid groups (broad SMARTS) is 1. The number of aromatic nitrogens is 2. The summed E-state index contributed by atoms with van der Waals surface area (Å²) in [6, 6.07) is 23.0. The second kappa shape index (κ2) is 7.92. The summed E-state index contributed by atoms with van der Waals surface area (Å²) >= 11 is 1.27. The van der Waals surface area contributed by atoms with Crippen LogP contribution in [-0.2, 0) is 4.79 Å². The molecular weight excluding hydrogens is 386 g/mol. The van der Waals surface area contributed by atoms with Crippen molar-refractivity contribution >= 4 is 23.4 Å². The molecule has 140 valence electrons. The van der Waals surface area contributed by atoms with Crippen molar-refractivity contribution < 1.29 is 14.3 Å². The highest BCUT2D eigenvalue weighted by Gasteiger charge is 2.13. The summed E-state index contributed by atoms with van der Waals surface area (Å²) in [5.74, 6) is -0.527. The lowest BCUT2D eigenvalue weighted by molar-refractivity contribution is -0.132. The molecule has 0 saturated carbocycles. The van der Waals surface area contributed by atoms with E-state index in [4.69, 9.17) is 14.8 Å². The van der Waals surface area contributed by atoms with Crippen LogP contribution in [0.4, 0.5) is 0 Å². The zero-order valence-corrected chi connectivity index (χ0v) is 15.8. The Bertz CT molecular complexity index is 1230. The number of benzene rings is 2. The molecule has 0 unspecified atom stereocenters. The summed E-state index contributed by atoms with van der Waals surface area (Å²) in [6.45, 7) is 0. The second-order valence-corrected chi connectivity index (χ2v) is 7.15. The normalized spacial score (nSPS) is 11.2. The molecule has 4 rings (SSSR count). The molecule has 0 aliphatic heterocycles. The minimum Gasteiger partial charge on any atom is -0.477 e. The van der Waals surface area contributed by atoms with Gasteiger partial charge in [0.25, 0.3) is 5.89 Å². The van der Waals surface area contributed by atoms with Crippen molar-refractivity contribution in [2.24, 2.45) is 0 Å². The fraction of sp³-hybridized carbons (Fsp3) is 0. The first-order chi connectivity index (χ1) is 14.1. The first kappa shape index (κ1) is 18.3. The van der Waals surface area contributed by atoms with Gasteiger partial charge >= 0.3 is 5.97 Å². The Kier molecular flexibility index (Phi) is 5.01. The van der Waals surface area contributed by atoms with Crippen molar-refractivity contribution in [3.63, 3.8) is 0 Å². The molecule has 0 radical (unpaired) electrons. The van der Waals surface area contributed by atoms with Crippen LogP contribution in [0.1, 0.15) is 4.88 Å². The van der Waals surface area contributed by atoms with Crippen LogP contribution in [0.25, 0.3) is 39.4 Å². The lowest BCUT2D eigenvalue weighted by Crippen LogP contribution is -1.96. The van der Waals surface area contributed by atoms with Crippen LogP contribution in [0.2, 0.25) is 0 Å². The Morgan fingerprint density at radius 3 is 2.28 bits per heavy atom. The van der Waals surface area contributed by atoms with E-state index < -0.39 is 5.97 Å². The van der Waals surface area contributed by atoms with Gasteiger partial charge in [-0.15, -0.1) is 21.5 Å². The average Bonchev–Trinajstić information content (AvgIpc) is 3.42. The summed E-state index contributed by atoms with van der Waals surface area (Å²) < 4.78 is 5.78. The molecule has 0 saturated heterocycles. The van der Waals surface area contributed by atoms with E-state index in [-0.39, 0.29) is 5.57 Å². The van der Waals surface area contributed by atoms with Crippen LogP contribution in [0.5, 0.6) is 0 Å². The van der Waals surface area contributed by atoms with Gasteiger partial charge in [-0.25, -0.2) is 4.79 Å². The van der Waals surface area contributed by atoms with Gasteiger partial charge in [0.15, 0.2) is 0 Å². The standard InChI is InChI=1S/C22H13N3O3S/c23-13-17(22(26)27)12-18-10-11-19(29-18)21-25-24-20(28-21)16-8-6-15(7-9-16)14-4-2-1-3-5-14/h1-12H,(H,26,27). The number of thiophene rings is 1. The minimum absolute atomic E-state index is 0.330. The number of hydrogen-bond donors (Lipinski definition) is 1. The number of nitrogens with zero attached hydrogens (tertiary/aromatic N) is 3. The van der Waals surface area contributed by atoms with Gasteiger partial charge in [0.1, 0.15) is 11.6 Å². The Hall–Kier alpha value is -4.02. The van der Waals surface area contributed by atoms with Crippen LogP contribution in [0, 0.1) is 11.3 Å². The first-order valence-electron chi connectivity index (χ1n) is 8.59. The second-order valence-electron chi connectivity index (χ2n) is 6.03. The molecule has 0 atom stereocenters. The molecule has 0 aliphatic carbocycles. The largest absolute Gasteiger partial charge is 0.477 e. The third-order valence-corrected chi connectivity index (χ3v) is 5.16. The van der Waals surface area contributed by atoms with E-state index in [1.165, 1.54) is 17.4 Å². The van der Waals surface area contributed by atoms with Crippen molar-refractivity contribution in [2.45, 2.75) is 0 Å². The number of aliphatic carboxylic acids is 1. The average molecular weight is 399 g/mol. The number of rotatable bonds is 5. The van der Waals surface area contributed by atoms with Crippen LogP contribution in [0.3, 0.4) is 0 Å². The molecule has 6 nitrogen and oxygen atoms in total. The summed E-state index contributed by atoms with van der Waals surface area (Å²) in [5.41, 5.74) is 2.69. The number of hydrogen-bond acceptors (Lipinski definition) is 6. The third-order valence-electron chi connectivity index (χ3n) is 4.14. The molecule has 0 bridgehead atoms. The summed E-state index contributed by atoms with van der Waals surface area (Å²) in [4.78, 5) is 12.3. The van der Waals surface area contributed by atoms with E-state index in [0.29, 0.717) is 21.5 Å². The molecule has 7 heteroatoms. The highest BCUT2D eigenvalue weighted by Crippen LogP contribution is 2.31. The molecule has 4 aromatic rings. The number of nitriles is 1. The molecule has 2 aromatic carbocycles. The topological polar surface area (TPSA) is 100 Å². The first-order valence-corrected chi connectivity index (χ1v) is 9.40. The van der Waals surface area contributed by atoms with Crippen molar-refractivity contribution in [3.8, 4) is 39.4 Å². The molecule has 0 fully saturated rings. The van der Waals surface area contributed by atoms with Gasteiger partial charge in [-0.2, -0.15) is 5.26 Å². The van der Waals surface area contributed by atoms with Gasteiger partial charge in [-0.05, 0) is 41.5 Å². The quantitative estimate of drug-likeness (QED) is 0.369. The summed E-state index contributed by atoms with van der Waals surface area (Å²) in [5, 5.41) is 26.0. The highest BCUT2D eigenvalue weighted by molar-refractivity contribution is 7.16. The fourth-order valence-electron chi connectivity index (χ4n) is 2.70. The van der Waals surface area contributed by atoms with E-state index in [9.17, 15) is 4.79 Å². The van der Waals surface area contributed by atoms with Crippen molar-refractivity contribution in [1.82, 2.24) is 10.2 Å². The van der Waals surface area contributed by atoms with E-state index >= 15 is 0 Å². The Morgan fingerprint density at radius 2 is 1.59 bits per heavy atom. The Labute approximate surface area is 170 Å². The zero-order valence-electron chi connectivity index (χ0n) is 14.9. The van der Waals surface area contributed by atoms with E-state index in [1.807, 2.05) is 54.6 Å². The third kappa shape index (κ3) is 3.98. The predicted molar refractivity (Wildman–Crippen MR) is 110 cm³/mol. The van der Waals surface area contributed by atoms with Crippen LogP contribution in [0.15, 0.2) is 76.7 Å². The van der Waals surface area contributed by atoms with Gasteiger partial charge in [-0.1, -0.05) is 42.5 Å². The SMILES string of the molecule is N#CC(=Cc1ccc(-c2nnc(-c3ccc(-c4ccccc4)cc3)o2)s1)C(=O)O. The smallest absolute Gasteiger partial charge is 0.346 e. The molecule has 29 heavy (non-hydrogen) atoms. The van der Waals surface area contributed by atoms with Crippen molar-refractivity contribution in [2.75, 3.05) is 0 Å². The van der Waals surface area contributed by atoms with Crippen molar-refractivity contribution in [1.29, 1.82) is 5.26 Å². The van der Waals surface area contributed by atoms with Gasteiger partial charge in [-0.3, -0.25) is 0 Å². The van der Waals surface area contributed by atoms with E-state index in [1.54, 1.807) is 18.2 Å². The van der Waals surface area contributed by atoms with Crippen LogP contribution >= 0.6 is 11.3 Å². The predicted octanol–water partition coefficient (Wildman–Crippen LogP) is 5.12. The van der Waals surface area contributed by atoms with Crippen LogP contribution < -0.4 is 0 Å². The summed E-state index contributed by atoms with van der Waals surface area (Å²) in [6.07, 6.45) is 1.32. The maximum atomic E-state index is 11.0. The minimum atomic E-state index is -1.26.